The van der Waals surface area contributed by atoms with Gasteiger partial charge in [0.15, 0.2) is 0 Å². The topological polar surface area (TPSA) is 29.3 Å². The number of hydrogen-bond donors (Lipinski definition) is 1. The molecule has 2 aromatic rings. The molecular weight excluding hydrogens is 198 g/mol. The molecule has 0 unspecified atom stereocenters. The molecule has 0 aliphatic heterocycles. The number of fused-ring (bicyclic) bond motifs is 1. The van der Waals surface area contributed by atoms with Gasteiger partial charge in [0.25, 0.3) is 0 Å². The Hall–Kier alpha value is -1.35. The van der Waals surface area contributed by atoms with Gasteiger partial charge in [-0.1, -0.05) is 6.07 Å². The first-order valence-corrected chi connectivity index (χ1v) is 5.93. The molecule has 0 radical (unpaired) electrons. The summed E-state index contributed by atoms with van der Waals surface area (Å²) in [6, 6.07) is 6.10. The van der Waals surface area contributed by atoms with E-state index in [9.17, 15) is 0 Å². The van der Waals surface area contributed by atoms with E-state index in [-0.39, 0.29) is 0 Å². The van der Waals surface area contributed by atoms with E-state index in [1.54, 1.807) is 0 Å². The standard InChI is InChI=1S/C13H17N3/c1-13(6-4-7-13)15-10-11-9-14-12-5-2-3-8-16(11)12/h2-3,5,8-9,15H,4,6-7,10H2,1H3. The van der Waals surface area contributed by atoms with Crippen LogP contribution in [0, 0.1) is 0 Å². The molecule has 0 aromatic carbocycles. The minimum absolute atomic E-state index is 0.360. The highest BCUT2D eigenvalue weighted by atomic mass is 15.1. The summed E-state index contributed by atoms with van der Waals surface area (Å²) in [5.74, 6) is 0. The van der Waals surface area contributed by atoms with E-state index in [0.29, 0.717) is 5.54 Å². The third kappa shape index (κ3) is 1.61. The highest BCUT2D eigenvalue weighted by Crippen LogP contribution is 2.31. The first-order chi connectivity index (χ1) is 7.77. The van der Waals surface area contributed by atoms with Crippen molar-refractivity contribution in [1.82, 2.24) is 14.7 Å². The molecule has 0 bridgehead atoms. The van der Waals surface area contributed by atoms with Gasteiger partial charge in [0, 0.05) is 18.3 Å². The van der Waals surface area contributed by atoms with Gasteiger partial charge in [-0.3, -0.25) is 0 Å². The maximum absolute atomic E-state index is 4.39. The molecule has 1 aliphatic rings. The molecule has 1 saturated carbocycles. The number of imidazole rings is 1. The van der Waals surface area contributed by atoms with Crippen molar-refractivity contribution < 1.29 is 0 Å². The third-order valence-electron chi connectivity index (χ3n) is 3.65. The minimum Gasteiger partial charge on any atom is -0.306 e. The zero-order chi connectivity index (χ0) is 11.0. The SMILES string of the molecule is CC1(NCc2cnc3ccccn23)CCC1. The van der Waals surface area contributed by atoms with E-state index in [1.165, 1.54) is 25.0 Å². The van der Waals surface area contributed by atoms with E-state index >= 15 is 0 Å². The maximum Gasteiger partial charge on any atom is 0.136 e. The van der Waals surface area contributed by atoms with Crippen molar-refractivity contribution in [2.45, 2.75) is 38.3 Å². The first-order valence-electron chi connectivity index (χ1n) is 5.93. The molecule has 1 aliphatic carbocycles. The fraction of sp³-hybridized carbons (Fsp3) is 0.462. The molecule has 3 heteroatoms. The maximum atomic E-state index is 4.39. The van der Waals surface area contributed by atoms with Crippen molar-refractivity contribution in [3.05, 3.63) is 36.3 Å². The van der Waals surface area contributed by atoms with E-state index in [1.807, 2.05) is 24.4 Å². The zero-order valence-electron chi connectivity index (χ0n) is 9.61. The molecule has 1 fully saturated rings. The van der Waals surface area contributed by atoms with Crippen LogP contribution in [0.15, 0.2) is 30.6 Å². The van der Waals surface area contributed by atoms with Crippen molar-refractivity contribution in [3.8, 4) is 0 Å². The summed E-state index contributed by atoms with van der Waals surface area (Å²) in [6.07, 6.45) is 7.98. The van der Waals surface area contributed by atoms with E-state index in [4.69, 9.17) is 0 Å². The second-order valence-corrected chi connectivity index (χ2v) is 4.95. The molecule has 1 N–H and O–H groups in total. The van der Waals surface area contributed by atoms with E-state index in [2.05, 4.69) is 27.8 Å². The van der Waals surface area contributed by atoms with Gasteiger partial charge in [0.1, 0.15) is 5.65 Å². The van der Waals surface area contributed by atoms with Crippen LogP contribution in [0.2, 0.25) is 0 Å². The normalized spacial score (nSPS) is 18.6. The van der Waals surface area contributed by atoms with Crippen molar-refractivity contribution in [2.75, 3.05) is 0 Å². The average Bonchev–Trinajstić information content (AvgIpc) is 2.67. The Balaban J connectivity index is 1.79. The van der Waals surface area contributed by atoms with Crippen LogP contribution < -0.4 is 5.32 Å². The van der Waals surface area contributed by atoms with Gasteiger partial charge in [-0.25, -0.2) is 4.98 Å². The highest BCUT2D eigenvalue weighted by Gasteiger charge is 2.30. The predicted octanol–water partition coefficient (Wildman–Crippen LogP) is 2.37. The van der Waals surface area contributed by atoms with Crippen LogP contribution in [0.3, 0.4) is 0 Å². The van der Waals surface area contributed by atoms with Gasteiger partial charge in [-0.05, 0) is 38.3 Å². The Bertz CT molecular complexity index is 497. The molecule has 0 atom stereocenters. The quantitative estimate of drug-likeness (QED) is 0.851. The molecule has 3 nitrogen and oxygen atoms in total. The van der Waals surface area contributed by atoms with Gasteiger partial charge >= 0.3 is 0 Å². The van der Waals surface area contributed by atoms with Crippen LogP contribution in [0.1, 0.15) is 31.9 Å². The van der Waals surface area contributed by atoms with Crippen LogP contribution >= 0.6 is 0 Å². The summed E-state index contributed by atoms with van der Waals surface area (Å²) in [6.45, 7) is 3.21. The number of hydrogen-bond acceptors (Lipinski definition) is 2. The second kappa shape index (κ2) is 3.59. The van der Waals surface area contributed by atoms with Gasteiger partial charge in [0.2, 0.25) is 0 Å². The number of rotatable bonds is 3. The molecule has 0 amide bonds. The molecule has 0 saturated heterocycles. The van der Waals surface area contributed by atoms with Crippen molar-refractivity contribution in [2.24, 2.45) is 0 Å². The molecular formula is C13H17N3. The summed E-state index contributed by atoms with van der Waals surface area (Å²) in [5.41, 5.74) is 2.63. The van der Waals surface area contributed by atoms with E-state index in [0.717, 1.165) is 12.2 Å². The fourth-order valence-corrected chi connectivity index (χ4v) is 2.30. The average molecular weight is 215 g/mol. The lowest BCUT2D eigenvalue weighted by Gasteiger charge is -2.39. The molecule has 16 heavy (non-hydrogen) atoms. The number of nitrogens with one attached hydrogen (secondary N) is 1. The Morgan fingerprint density at radius 2 is 2.31 bits per heavy atom. The summed E-state index contributed by atoms with van der Waals surface area (Å²) in [5, 5.41) is 3.63. The van der Waals surface area contributed by atoms with E-state index < -0.39 is 0 Å². The first kappa shape index (κ1) is 9.85. The largest absolute Gasteiger partial charge is 0.306 e. The van der Waals surface area contributed by atoms with Crippen LogP contribution in [0.25, 0.3) is 5.65 Å². The molecule has 0 spiro atoms. The summed E-state index contributed by atoms with van der Waals surface area (Å²) in [4.78, 5) is 4.39. The highest BCUT2D eigenvalue weighted by molar-refractivity contribution is 5.39. The van der Waals surface area contributed by atoms with Crippen LogP contribution in [-0.4, -0.2) is 14.9 Å². The minimum atomic E-state index is 0.360. The second-order valence-electron chi connectivity index (χ2n) is 4.95. The van der Waals surface area contributed by atoms with Crippen molar-refractivity contribution in [3.63, 3.8) is 0 Å². The zero-order valence-corrected chi connectivity index (χ0v) is 9.61. The van der Waals surface area contributed by atoms with Crippen LogP contribution in [0.4, 0.5) is 0 Å². The lowest BCUT2D eigenvalue weighted by atomic mass is 9.78. The van der Waals surface area contributed by atoms with Crippen LogP contribution in [-0.2, 0) is 6.54 Å². The van der Waals surface area contributed by atoms with Gasteiger partial charge in [-0.2, -0.15) is 0 Å². The van der Waals surface area contributed by atoms with Gasteiger partial charge in [-0.15, -0.1) is 0 Å². The Morgan fingerprint density at radius 3 is 3.06 bits per heavy atom. The number of pyridine rings is 1. The fourth-order valence-electron chi connectivity index (χ4n) is 2.30. The molecule has 3 rings (SSSR count). The molecule has 2 heterocycles. The Kier molecular flexibility index (Phi) is 2.21. The summed E-state index contributed by atoms with van der Waals surface area (Å²) >= 11 is 0. The summed E-state index contributed by atoms with van der Waals surface area (Å²) in [7, 11) is 0. The van der Waals surface area contributed by atoms with Crippen LogP contribution in [0.5, 0.6) is 0 Å². The van der Waals surface area contributed by atoms with Crippen molar-refractivity contribution in [1.29, 1.82) is 0 Å². The summed E-state index contributed by atoms with van der Waals surface area (Å²) < 4.78 is 2.15. The third-order valence-corrected chi connectivity index (χ3v) is 3.65. The predicted molar refractivity (Wildman–Crippen MR) is 64.3 cm³/mol. The lowest BCUT2D eigenvalue weighted by Crippen LogP contribution is -2.47. The number of aromatic nitrogens is 2. The smallest absolute Gasteiger partial charge is 0.136 e. The van der Waals surface area contributed by atoms with Crippen molar-refractivity contribution >= 4 is 5.65 Å². The van der Waals surface area contributed by atoms with Gasteiger partial charge < -0.3 is 9.72 Å². The Morgan fingerprint density at radius 1 is 1.44 bits per heavy atom. The number of nitrogens with zero attached hydrogens (tertiary/aromatic N) is 2. The molecule has 84 valence electrons. The molecule has 2 aromatic heterocycles. The monoisotopic (exact) mass is 215 g/mol. The van der Waals surface area contributed by atoms with Gasteiger partial charge in [0.05, 0.1) is 11.9 Å². The lowest BCUT2D eigenvalue weighted by molar-refractivity contribution is 0.206. The Labute approximate surface area is 95.5 Å².